The summed E-state index contributed by atoms with van der Waals surface area (Å²) >= 11 is 6.43. The summed E-state index contributed by atoms with van der Waals surface area (Å²) in [5.41, 5.74) is 2.56. The molecular weight excluding hydrogens is 276 g/mol. The lowest BCUT2D eigenvalue weighted by Gasteiger charge is -2.40. The van der Waals surface area contributed by atoms with Gasteiger partial charge in [0.05, 0.1) is 6.04 Å². The Labute approximate surface area is 123 Å². The van der Waals surface area contributed by atoms with Gasteiger partial charge in [0, 0.05) is 31.2 Å². The molecule has 3 rings (SSSR count). The highest BCUT2D eigenvalue weighted by Crippen LogP contribution is 2.37. The Morgan fingerprint density at radius 3 is 2.60 bits per heavy atom. The molecule has 1 aliphatic carbocycles. The van der Waals surface area contributed by atoms with E-state index in [0.717, 1.165) is 24.5 Å². The molecule has 0 aromatic heterocycles. The summed E-state index contributed by atoms with van der Waals surface area (Å²) in [4.78, 5) is 14.7. The molecule has 0 radical (unpaired) electrons. The zero-order chi connectivity index (χ0) is 14.1. The van der Waals surface area contributed by atoms with E-state index < -0.39 is 6.09 Å². The minimum absolute atomic E-state index is 0.0811. The lowest BCUT2D eigenvalue weighted by molar-refractivity contribution is 0.0932. The number of hydrogen-bond acceptors (Lipinski definition) is 2. The number of fused-ring (bicyclic) bond motifs is 1. The number of nitrogens with zero attached hydrogens (tertiary/aromatic N) is 2. The molecule has 5 heteroatoms. The normalized spacial score (nSPS) is 23.1. The molecule has 0 saturated carbocycles. The van der Waals surface area contributed by atoms with Crippen LogP contribution in [0, 0.1) is 0 Å². The van der Waals surface area contributed by atoms with Crippen LogP contribution in [0.5, 0.6) is 0 Å². The van der Waals surface area contributed by atoms with E-state index in [2.05, 4.69) is 23.1 Å². The Kier molecular flexibility index (Phi) is 3.68. The molecular formula is C15H17ClN2O2. The minimum atomic E-state index is -0.838. The first-order valence-electron chi connectivity index (χ1n) is 6.82. The number of hydrogen-bond donors (Lipinski definition) is 1. The van der Waals surface area contributed by atoms with Crippen molar-refractivity contribution in [1.29, 1.82) is 0 Å². The molecule has 1 aromatic carbocycles. The van der Waals surface area contributed by atoms with Crippen molar-refractivity contribution in [1.82, 2.24) is 9.80 Å². The van der Waals surface area contributed by atoms with Crippen LogP contribution < -0.4 is 0 Å². The highest BCUT2D eigenvalue weighted by Gasteiger charge is 2.31. The second kappa shape index (κ2) is 5.46. The van der Waals surface area contributed by atoms with Crippen LogP contribution in [0.15, 0.2) is 35.4 Å². The van der Waals surface area contributed by atoms with Gasteiger partial charge in [0.25, 0.3) is 0 Å². The van der Waals surface area contributed by atoms with E-state index in [-0.39, 0.29) is 6.04 Å². The zero-order valence-electron chi connectivity index (χ0n) is 11.1. The van der Waals surface area contributed by atoms with E-state index in [1.807, 2.05) is 12.1 Å². The summed E-state index contributed by atoms with van der Waals surface area (Å²) in [6, 6.07) is 8.42. The van der Waals surface area contributed by atoms with Crippen LogP contribution in [0.1, 0.15) is 17.2 Å². The molecule has 1 saturated heterocycles. The van der Waals surface area contributed by atoms with Gasteiger partial charge in [-0.2, -0.15) is 0 Å². The molecule has 0 spiro atoms. The fourth-order valence-corrected chi connectivity index (χ4v) is 3.33. The van der Waals surface area contributed by atoms with Crippen LogP contribution >= 0.6 is 11.6 Å². The number of carbonyl (C=O) groups is 1. The van der Waals surface area contributed by atoms with Crippen LogP contribution in [0.25, 0.3) is 0 Å². The lowest BCUT2D eigenvalue weighted by atomic mass is 9.91. The second-order valence-corrected chi connectivity index (χ2v) is 5.64. The first kappa shape index (κ1) is 13.5. The first-order valence-corrected chi connectivity index (χ1v) is 7.20. The van der Waals surface area contributed by atoms with E-state index in [1.165, 1.54) is 16.0 Å². The third-order valence-electron chi connectivity index (χ3n) is 4.08. The topological polar surface area (TPSA) is 43.8 Å². The van der Waals surface area contributed by atoms with Gasteiger partial charge in [0.2, 0.25) is 0 Å². The lowest BCUT2D eigenvalue weighted by Crippen LogP contribution is -2.49. The van der Waals surface area contributed by atoms with Crippen LogP contribution in [-0.2, 0) is 6.42 Å². The summed E-state index contributed by atoms with van der Waals surface area (Å²) < 4.78 is 0. The molecule has 1 heterocycles. The Morgan fingerprint density at radius 2 is 1.90 bits per heavy atom. The first-order chi connectivity index (χ1) is 9.66. The third kappa shape index (κ3) is 2.41. The SMILES string of the molecule is O=C(O)N1CCN(C2C(Cl)=CCc3ccccc32)CC1. The average Bonchev–Trinajstić information content (AvgIpc) is 2.47. The van der Waals surface area contributed by atoms with Gasteiger partial charge in [-0.3, -0.25) is 4.90 Å². The third-order valence-corrected chi connectivity index (χ3v) is 4.44. The number of halogens is 1. The molecule has 1 aliphatic heterocycles. The maximum absolute atomic E-state index is 11.0. The standard InChI is InChI=1S/C15H17ClN2O2/c16-13-6-5-11-3-1-2-4-12(11)14(13)17-7-9-18(10-8-17)15(19)20/h1-4,6,14H,5,7-10H2,(H,19,20). The summed E-state index contributed by atoms with van der Waals surface area (Å²) in [6.07, 6.45) is 2.11. The fraction of sp³-hybridized carbons (Fsp3) is 0.400. The van der Waals surface area contributed by atoms with Crippen LogP contribution in [0.4, 0.5) is 4.79 Å². The Bertz CT molecular complexity index is 551. The minimum Gasteiger partial charge on any atom is -0.465 e. The van der Waals surface area contributed by atoms with Gasteiger partial charge in [-0.25, -0.2) is 4.79 Å². The van der Waals surface area contributed by atoms with Gasteiger partial charge in [-0.1, -0.05) is 41.9 Å². The van der Waals surface area contributed by atoms with Gasteiger partial charge in [-0.15, -0.1) is 0 Å². The number of carboxylic acid groups (broad SMARTS) is 1. The van der Waals surface area contributed by atoms with Crippen molar-refractivity contribution in [2.24, 2.45) is 0 Å². The molecule has 1 atom stereocenters. The molecule has 0 bridgehead atoms. The van der Waals surface area contributed by atoms with E-state index >= 15 is 0 Å². The van der Waals surface area contributed by atoms with Gasteiger partial charge in [0.1, 0.15) is 0 Å². The maximum atomic E-state index is 11.0. The summed E-state index contributed by atoms with van der Waals surface area (Å²) in [6.45, 7) is 2.51. The molecule has 1 unspecified atom stereocenters. The van der Waals surface area contributed by atoms with Gasteiger partial charge < -0.3 is 10.0 Å². The van der Waals surface area contributed by atoms with Gasteiger partial charge in [-0.05, 0) is 17.5 Å². The number of rotatable bonds is 1. The number of allylic oxidation sites excluding steroid dienone is 1. The smallest absolute Gasteiger partial charge is 0.407 e. The number of amides is 1. The van der Waals surface area contributed by atoms with Crippen molar-refractivity contribution >= 4 is 17.7 Å². The maximum Gasteiger partial charge on any atom is 0.407 e. The number of piperazine rings is 1. The molecule has 1 N–H and O–H groups in total. The van der Waals surface area contributed by atoms with Crippen LogP contribution in [0.2, 0.25) is 0 Å². The monoisotopic (exact) mass is 292 g/mol. The summed E-state index contributed by atoms with van der Waals surface area (Å²) in [5, 5.41) is 9.87. The van der Waals surface area contributed by atoms with E-state index in [4.69, 9.17) is 16.7 Å². The van der Waals surface area contributed by atoms with Crippen molar-refractivity contribution in [3.05, 3.63) is 46.5 Å². The van der Waals surface area contributed by atoms with Crippen molar-refractivity contribution in [2.45, 2.75) is 12.5 Å². The van der Waals surface area contributed by atoms with Crippen LogP contribution in [0.3, 0.4) is 0 Å². The second-order valence-electron chi connectivity index (χ2n) is 5.20. The number of benzene rings is 1. The molecule has 20 heavy (non-hydrogen) atoms. The van der Waals surface area contributed by atoms with E-state index in [1.54, 1.807) is 0 Å². The summed E-state index contributed by atoms with van der Waals surface area (Å²) in [5.74, 6) is 0. The Morgan fingerprint density at radius 1 is 1.20 bits per heavy atom. The van der Waals surface area contributed by atoms with E-state index in [9.17, 15) is 4.79 Å². The van der Waals surface area contributed by atoms with Crippen LogP contribution in [-0.4, -0.2) is 47.2 Å². The molecule has 1 aromatic rings. The quantitative estimate of drug-likeness (QED) is 0.865. The zero-order valence-corrected chi connectivity index (χ0v) is 11.9. The average molecular weight is 293 g/mol. The predicted octanol–water partition coefficient (Wildman–Crippen LogP) is 2.70. The Hall–Kier alpha value is -1.52. The van der Waals surface area contributed by atoms with Crippen molar-refractivity contribution in [3.8, 4) is 0 Å². The molecule has 106 valence electrons. The van der Waals surface area contributed by atoms with Crippen molar-refractivity contribution in [3.63, 3.8) is 0 Å². The molecule has 2 aliphatic rings. The van der Waals surface area contributed by atoms with Gasteiger partial charge in [0.15, 0.2) is 0 Å². The Balaban J connectivity index is 1.81. The van der Waals surface area contributed by atoms with Gasteiger partial charge >= 0.3 is 6.09 Å². The highest BCUT2D eigenvalue weighted by molar-refractivity contribution is 6.30. The van der Waals surface area contributed by atoms with E-state index in [0.29, 0.717) is 13.1 Å². The largest absolute Gasteiger partial charge is 0.465 e. The highest BCUT2D eigenvalue weighted by atomic mass is 35.5. The van der Waals surface area contributed by atoms with Crippen molar-refractivity contribution < 1.29 is 9.90 Å². The predicted molar refractivity (Wildman–Crippen MR) is 78.0 cm³/mol. The molecule has 1 fully saturated rings. The molecule has 4 nitrogen and oxygen atoms in total. The molecule has 1 amide bonds. The fourth-order valence-electron chi connectivity index (χ4n) is 3.00. The summed E-state index contributed by atoms with van der Waals surface area (Å²) in [7, 11) is 0. The van der Waals surface area contributed by atoms with Crippen molar-refractivity contribution in [2.75, 3.05) is 26.2 Å².